The Kier molecular flexibility index (Phi) is 7.53. The molecule has 1 saturated carbocycles. The summed E-state index contributed by atoms with van der Waals surface area (Å²) in [6, 6.07) is 0. The third kappa shape index (κ3) is 6.27. The predicted octanol–water partition coefficient (Wildman–Crippen LogP) is 1.14. The van der Waals surface area contributed by atoms with E-state index in [1.807, 2.05) is 0 Å². The van der Waals surface area contributed by atoms with Crippen molar-refractivity contribution in [3.63, 3.8) is 0 Å². The predicted molar refractivity (Wildman–Crippen MR) is 92.2 cm³/mol. The lowest BCUT2D eigenvalue weighted by Crippen LogP contribution is -2.47. The number of guanidine groups is 1. The molecule has 152 valence electrons. The van der Waals surface area contributed by atoms with Crippen LogP contribution in [0.3, 0.4) is 0 Å². The summed E-state index contributed by atoms with van der Waals surface area (Å²) in [5.41, 5.74) is -5.23. The normalized spacial score (nSPS) is 21.0. The molecule has 0 atom stereocenters. The summed E-state index contributed by atoms with van der Waals surface area (Å²) in [5, 5.41) is 6.24. The van der Waals surface area contributed by atoms with Crippen molar-refractivity contribution in [3.05, 3.63) is 0 Å². The van der Waals surface area contributed by atoms with Gasteiger partial charge in [-0.2, -0.15) is 17.5 Å². The third-order valence-corrected chi connectivity index (χ3v) is 6.21. The fourth-order valence-corrected chi connectivity index (χ4v) is 3.72. The highest BCUT2D eigenvalue weighted by Gasteiger charge is 2.50. The van der Waals surface area contributed by atoms with Crippen LogP contribution in [-0.4, -0.2) is 70.6 Å². The largest absolute Gasteiger partial charge is 0.511 e. The average molecular weight is 400 g/mol. The lowest BCUT2D eigenvalue weighted by atomic mass is 9.98. The Labute approximate surface area is 152 Å². The van der Waals surface area contributed by atoms with E-state index in [2.05, 4.69) is 15.6 Å². The number of halogens is 3. The van der Waals surface area contributed by atoms with Crippen LogP contribution in [0.1, 0.15) is 25.7 Å². The molecule has 0 amide bonds. The summed E-state index contributed by atoms with van der Waals surface area (Å²) in [4.78, 5) is 4.09. The average Bonchev–Trinajstić information content (AvgIpc) is 3.41. The van der Waals surface area contributed by atoms with Crippen molar-refractivity contribution < 1.29 is 26.3 Å². The van der Waals surface area contributed by atoms with Crippen LogP contribution in [0.25, 0.3) is 0 Å². The van der Waals surface area contributed by atoms with E-state index < -0.39 is 15.5 Å². The summed E-state index contributed by atoms with van der Waals surface area (Å²) in [5.74, 6) is 1.42. The molecule has 0 radical (unpaired) electrons. The van der Waals surface area contributed by atoms with Crippen LogP contribution < -0.4 is 10.6 Å². The van der Waals surface area contributed by atoms with Crippen molar-refractivity contribution in [1.29, 1.82) is 0 Å². The van der Waals surface area contributed by atoms with Gasteiger partial charge in [0, 0.05) is 39.8 Å². The van der Waals surface area contributed by atoms with Crippen LogP contribution in [0, 0.1) is 11.8 Å². The maximum absolute atomic E-state index is 12.6. The van der Waals surface area contributed by atoms with Crippen LogP contribution in [0.5, 0.6) is 0 Å². The molecule has 1 aliphatic heterocycles. The van der Waals surface area contributed by atoms with Gasteiger partial charge in [0.15, 0.2) is 5.96 Å². The van der Waals surface area contributed by atoms with E-state index in [4.69, 9.17) is 4.74 Å². The number of hydrogen-bond acceptors (Lipinski definition) is 4. The summed E-state index contributed by atoms with van der Waals surface area (Å²) < 4.78 is 66.5. The van der Waals surface area contributed by atoms with Crippen molar-refractivity contribution in [1.82, 2.24) is 14.9 Å². The van der Waals surface area contributed by atoms with Gasteiger partial charge in [-0.15, -0.1) is 0 Å². The van der Waals surface area contributed by atoms with Crippen molar-refractivity contribution in [3.8, 4) is 0 Å². The molecule has 0 spiro atoms. The number of nitrogens with zero attached hydrogens (tertiary/aromatic N) is 2. The van der Waals surface area contributed by atoms with E-state index in [0.29, 0.717) is 42.8 Å². The Hall–Kier alpha value is -1.07. The Morgan fingerprint density at radius 3 is 2.35 bits per heavy atom. The fourth-order valence-electron chi connectivity index (χ4n) is 2.74. The summed E-state index contributed by atoms with van der Waals surface area (Å²) in [6.07, 6.45) is 3.26. The minimum atomic E-state index is -5.23. The van der Waals surface area contributed by atoms with Crippen molar-refractivity contribution in [2.45, 2.75) is 31.2 Å². The van der Waals surface area contributed by atoms with Gasteiger partial charge in [0.2, 0.25) is 0 Å². The topological polar surface area (TPSA) is 83.0 Å². The molecule has 0 aromatic rings. The highest BCUT2D eigenvalue weighted by atomic mass is 32.2. The number of aliphatic imine (C=N–C) groups is 1. The SMILES string of the molecule is CN=C(NCCOCC1CC1)NCC1CCN(S(=O)(=O)C(F)(F)F)CC1. The molecular formula is C15H27F3N4O3S. The molecule has 2 N–H and O–H groups in total. The molecule has 2 fully saturated rings. The maximum atomic E-state index is 12.6. The Morgan fingerprint density at radius 2 is 1.81 bits per heavy atom. The maximum Gasteiger partial charge on any atom is 0.511 e. The van der Waals surface area contributed by atoms with Crippen molar-refractivity contribution in [2.75, 3.05) is 46.4 Å². The first-order valence-electron chi connectivity index (χ1n) is 8.82. The highest BCUT2D eigenvalue weighted by Crippen LogP contribution is 2.30. The van der Waals surface area contributed by atoms with Crippen LogP contribution in [0.4, 0.5) is 13.2 Å². The van der Waals surface area contributed by atoms with Gasteiger partial charge in [0.1, 0.15) is 0 Å². The number of sulfonamides is 1. The van der Waals surface area contributed by atoms with E-state index in [-0.39, 0.29) is 19.0 Å². The third-order valence-electron chi connectivity index (χ3n) is 4.58. The molecule has 2 aliphatic rings. The molecule has 0 bridgehead atoms. The van der Waals surface area contributed by atoms with E-state index in [1.54, 1.807) is 7.05 Å². The Bertz CT molecular complexity index is 571. The molecule has 2 rings (SSSR count). The van der Waals surface area contributed by atoms with Gasteiger partial charge in [-0.3, -0.25) is 4.99 Å². The zero-order chi connectivity index (χ0) is 19.2. The second kappa shape index (κ2) is 9.23. The second-order valence-corrected chi connectivity index (χ2v) is 8.62. The number of ether oxygens (including phenoxy) is 1. The van der Waals surface area contributed by atoms with Gasteiger partial charge in [-0.05, 0) is 37.5 Å². The summed E-state index contributed by atoms with van der Waals surface area (Å²) in [7, 11) is -3.58. The van der Waals surface area contributed by atoms with Crippen LogP contribution in [0.2, 0.25) is 0 Å². The van der Waals surface area contributed by atoms with Gasteiger partial charge >= 0.3 is 15.5 Å². The summed E-state index contributed by atoms with van der Waals surface area (Å²) in [6.45, 7) is 2.31. The van der Waals surface area contributed by atoms with E-state index in [1.165, 1.54) is 12.8 Å². The minimum Gasteiger partial charge on any atom is -0.379 e. The smallest absolute Gasteiger partial charge is 0.379 e. The van der Waals surface area contributed by atoms with E-state index in [9.17, 15) is 21.6 Å². The molecule has 0 unspecified atom stereocenters. The number of hydrogen-bond donors (Lipinski definition) is 2. The first-order chi connectivity index (χ1) is 12.2. The van der Waals surface area contributed by atoms with Crippen molar-refractivity contribution in [2.24, 2.45) is 16.8 Å². The molecule has 1 heterocycles. The van der Waals surface area contributed by atoms with Crippen molar-refractivity contribution >= 4 is 16.0 Å². The van der Waals surface area contributed by atoms with Gasteiger partial charge in [-0.1, -0.05) is 0 Å². The molecule has 0 aromatic carbocycles. The first-order valence-corrected chi connectivity index (χ1v) is 10.3. The Morgan fingerprint density at radius 1 is 1.15 bits per heavy atom. The van der Waals surface area contributed by atoms with Crippen LogP contribution >= 0.6 is 0 Å². The molecule has 26 heavy (non-hydrogen) atoms. The van der Waals surface area contributed by atoms with Gasteiger partial charge in [0.25, 0.3) is 0 Å². The highest BCUT2D eigenvalue weighted by molar-refractivity contribution is 7.90. The van der Waals surface area contributed by atoms with Gasteiger partial charge in [0.05, 0.1) is 6.61 Å². The molecular weight excluding hydrogens is 373 g/mol. The molecule has 11 heteroatoms. The molecule has 0 aromatic heterocycles. The molecule has 7 nitrogen and oxygen atoms in total. The molecule has 1 saturated heterocycles. The fraction of sp³-hybridized carbons (Fsp3) is 0.933. The van der Waals surface area contributed by atoms with Gasteiger partial charge < -0.3 is 15.4 Å². The molecule has 1 aliphatic carbocycles. The first kappa shape index (κ1) is 21.2. The van der Waals surface area contributed by atoms with Gasteiger partial charge in [-0.25, -0.2) is 8.42 Å². The zero-order valence-corrected chi connectivity index (χ0v) is 15.7. The zero-order valence-electron chi connectivity index (χ0n) is 14.9. The van der Waals surface area contributed by atoms with Crippen LogP contribution in [0.15, 0.2) is 4.99 Å². The lowest BCUT2D eigenvalue weighted by Gasteiger charge is -2.31. The number of nitrogens with one attached hydrogen (secondary N) is 2. The van der Waals surface area contributed by atoms with E-state index >= 15 is 0 Å². The number of rotatable bonds is 8. The second-order valence-electron chi connectivity index (χ2n) is 6.69. The quantitative estimate of drug-likeness (QED) is 0.363. The lowest BCUT2D eigenvalue weighted by molar-refractivity contribution is -0.0496. The monoisotopic (exact) mass is 400 g/mol. The summed E-state index contributed by atoms with van der Waals surface area (Å²) >= 11 is 0. The van der Waals surface area contributed by atoms with E-state index in [0.717, 1.165) is 12.5 Å². The standard InChI is InChI=1S/C15H27F3N4O3S/c1-19-14(20-6-9-25-11-13-2-3-13)21-10-12-4-7-22(8-5-12)26(23,24)15(16,17)18/h12-13H,2-11H2,1H3,(H2,19,20,21). The van der Waals surface area contributed by atoms with Crippen LogP contribution in [-0.2, 0) is 14.8 Å². The Balaban J connectivity index is 1.63. The minimum absolute atomic E-state index is 0.0966. The number of piperidine rings is 1. The number of alkyl halides is 3.